The fourth-order valence-corrected chi connectivity index (χ4v) is 4.52. The fraction of sp³-hybridized carbons (Fsp3) is 0.368. The van der Waals surface area contributed by atoms with E-state index in [1.54, 1.807) is 0 Å². The summed E-state index contributed by atoms with van der Waals surface area (Å²) in [7, 11) is -3.94. The van der Waals surface area contributed by atoms with Gasteiger partial charge in [-0.05, 0) is 36.0 Å². The molecule has 0 amide bonds. The lowest BCUT2D eigenvalue weighted by Gasteiger charge is -2.24. The van der Waals surface area contributed by atoms with Crippen molar-refractivity contribution >= 4 is 38.4 Å². The molecule has 3 aromatic rings. The van der Waals surface area contributed by atoms with Gasteiger partial charge in [0, 0.05) is 11.4 Å². The van der Waals surface area contributed by atoms with E-state index in [0.29, 0.717) is 0 Å². The van der Waals surface area contributed by atoms with Gasteiger partial charge in [-0.2, -0.15) is 26.3 Å². The van der Waals surface area contributed by atoms with Crippen LogP contribution < -0.4 is 5.43 Å². The molecule has 0 radical (unpaired) electrons. The molecule has 0 saturated heterocycles. The van der Waals surface area contributed by atoms with Gasteiger partial charge >= 0.3 is 11.7 Å². The van der Waals surface area contributed by atoms with Crippen molar-refractivity contribution in [1.82, 2.24) is 15.0 Å². The van der Waals surface area contributed by atoms with Crippen molar-refractivity contribution < 1.29 is 39.2 Å². The summed E-state index contributed by atoms with van der Waals surface area (Å²) < 4.78 is 107. The molecule has 0 unspecified atom stereocenters. The number of nitrogens with zero attached hydrogens (tertiary/aromatic N) is 3. The lowest BCUT2D eigenvalue weighted by atomic mass is 10.3. The van der Waals surface area contributed by atoms with Gasteiger partial charge in [0.15, 0.2) is 15.4 Å². The molecule has 0 fully saturated rings. The van der Waals surface area contributed by atoms with Crippen LogP contribution in [0, 0.1) is 0 Å². The van der Waals surface area contributed by atoms with Gasteiger partial charge in [-0.3, -0.25) is 0 Å². The second kappa shape index (κ2) is 9.62. The van der Waals surface area contributed by atoms with Gasteiger partial charge in [0.25, 0.3) is 0 Å². The summed E-state index contributed by atoms with van der Waals surface area (Å²) in [5.74, 6) is -0.608. The highest BCUT2D eigenvalue weighted by molar-refractivity contribution is 8.00. The number of aromatic nitrogens is 2. The normalized spacial score (nSPS) is 13.1. The highest BCUT2D eigenvalue weighted by atomic mass is 32.2. The molecule has 0 bridgehead atoms. The molecule has 0 spiro atoms. The Morgan fingerprint density at radius 2 is 1.82 bits per heavy atom. The Hall–Kier alpha value is -2.52. The number of sulfone groups is 1. The van der Waals surface area contributed by atoms with Gasteiger partial charge < -0.3 is 9.84 Å². The molecule has 0 saturated carbocycles. The van der Waals surface area contributed by atoms with Crippen LogP contribution in [0.4, 0.5) is 32.0 Å². The van der Waals surface area contributed by atoms with E-state index in [-0.39, 0.29) is 62.2 Å². The van der Waals surface area contributed by atoms with Crippen LogP contribution in [-0.4, -0.2) is 53.9 Å². The van der Waals surface area contributed by atoms with Crippen LogP contribution in [0.2, 0.25) is 0 Å². The number of thioether (sulfide) groups is 1. The number of pyridine rings is 1. The molecular weight excluding hydrogens is 510 g/mol. The minimum absolute atomic E-state index is 0.0122. The van der Waals surface area contributed by atoms with E-state index in [1.807, 2.05) is 0 Å². The molecule has 0 aliphatic rings. The second-order valence-corrected chi connectivity index (χ2v) is 10.3. The van der Waals surface area contributed by atoms with E-state index < -0.39 is 28.1 Å². The van der Waals surface area contributed by atoms with E-state index in [2.05, 4.69) is 15.4 Å². The number of nitrogens with one attached hydrogen (secondary N) is 1. The Morgan fingerprint density at radius 3 is 2.41 bits per heavy atom. The largest absolute Gasteiger partial charge is 0.446 e. The van der Waals surface area contributed by atoms with Crippen molar-refractivity contribution in [3.05, 3.63) is 30.5 Å². The molecule has 1 aromatic carbocycles. The first-order valence-electron chi connectivity index (χ1n) is 9.68. The Bertz CT molecular complexity index is 1280. The number of halogens is 6. The van der Waals surface area contributed by atoms with Crippen molar-refractivity contribution in [1.29, 1.82) is 0 Å². The molecule has 34 heavy (non-hydrogen) atoms. The third-order valence-corrected chi connectivity index (χ3v) is 6.86. The Balaban J connectivity index is 2.03. The Morgan fingerprint density at radius 1 is 1.12 bits per heavy atom. The van der Waals surface area contributed by atoms with E-state index in [9.17, 15) is 34.8 Å². The van der Waals surface area contributed by atoms with Crippen LogP contribution in [-0.2, 0) is 9.84 Å². The number of alkyl halides is 6. The van der Waals surface area contributed by atoms with E-state index in [1.165, 1.54) is 26.0 Å². The molecule has 7 nitrogen and oxygen atoms in total. The molecule has 15 heteroatoms. The third kappa shape index (κ3) is 6.54. The standard InChI is InChI=1S/C19H18F6N4O3S2/c1-3-29(10-18(20,21)22)28-11-7-15(34(30,31)4-2)16(26-9-11)17-27-13-8-12(33-19(23,24)25)5-6-14(13)32-17/h5-9,28H,3-4,10H2,1-2H3. The average Bonchev–Trinajstić information content (AvgIpc) is 3.14. The summed E-state index contributed by atoms with van der Waals surface area (Å²) in [6, 6.07) is 4.69. The number of rotatable bonds is 8. The molecule has 3 rings (SSSR count). The van der Waals surface area contributed by atoms with Gasteiger partial charge in [0.1, 0.15) is 22.7 Å². The predicted octanol–water partition coefficient (Wildman–Crippen LogP) is 5.51. The van der Waals surface area contributed by atoms with E-state index >= 15 is 0 Å². The first-order chi connectivity index (χ1) is 15.7. The van der Waals surface area contributed by atoms with Crippen LogP contribution in [0.5, 0.6) is 0 Å². The van der Waals surface area contributed by atoms with Gasteiger partial charge in [-0.25, -0.2) is 23.4 Å². The van der Waals surface area contributed by atoms with Crippen LogP contribution >= 0.6 is 11.8 Å². The van der Waals surface area contributed by atoms with E-state index in [4.69, 9.17) is 4.42 Å². The number of hydrazine groups is 1. The minimum Gasteiger partial charge on any atom is -0.435 e. The first kappa shape index (κ1) is 26.1. The number of hydrogen-bond donors (Lipinski definition) is 1. The number of benzene rings is 1. The summed E-state index contributed by atoms with van der Waals surface area (Å²) >= 11 is -0.341. The maximum absolute atomic E-state index is 12.7. The van der Waals surface area contributed by atoms with Gasteiger partial charge in [-0.15, -0.1) is 0 Å². The van der Waals surface area contributed by atoms with Crippen molar-refractivity contribution in [2.45, 2.75) is 35.3 Å². The van der Waals surface area contributed by atoms with Crippen LogP contribution in [0.15, 0.2) is 44.7 Å². The summed E-state index contributed by atoms with van der Waals surface area (Å²) in [5.41, 5.74) is -2.10. The van der Waals surface area contributed by atoms with Gasteiger partial charge in [0.05, 0.1) is 17.6 Å². The zero-order chi connectivity index (χ0) is 25.3. The Kier molecular flexibility index (Phi) is 7.38. The molecule has 186 valence electrons. The zero-order valence-corrected chi connectivity index (χ0v) is 19.3. The van der Waals surface area contributed by atoms with Crippen molar-refractivity contribution in [2.24, 2.45) is 0 Å². The Labute approximate surface area is 194 Å². The third-order valence-electron chi connectivity index (χ3n) is 4.40. The summed E-state index contributed by atoms with van der Waals surface area (Å²) in [5, 5.41) is 0.832. The number of anilines is 1. The monoisotopic (exact) mass is 528 g/mol. The second-order valence-electron chi connectivity index (χ2n) is 6.91. The molecule has 1 N–H and O–H groups in total. The summed E-state index contributed by atoms with van der Waals surface area (Å²) in [4.78, 5) is 7.63. The summed E-state index contributed by atoms with van der Waals surface area (Å²) in [6.45, 7) is 1.52. The van der Waals surface area contributed by atoms with E-state index in [0.717, 1.165) is 23.3 Å². The zero-order valence-electron chi connectivity index (χ0n) is 17.7. The van der Waals surface area contributed by atoms with Crippen molar-refractivity contribution in [3.63, 3.8) is 0 Å². The number of fused-ring (bicyclic) bond motifs is 1. The van der Waals surface area contributed by atoms with Crippen molar-refractivity contribution in [3.8, 4) is 11.6 Å². The predicted molar refractivity (Wildman–Crippen MR) is 114 cm³/mol. The lowest BCUT2D eigenvalue weighted by Crippen LogP contribution is -2.38. The maximum Gasteiger partial charge on any atom is 0.446 e. The van der Waals surface area contributed by atoms with Gasteiger partial charge in [0.2, 0.25) is 5.89 Å². The fourth-order valence-electron chi connectivity index (χ4n) is 2.89. The molecular formula is C19H18F6N4O3S2. The molecule has 2 heterocycles. The summed E-state index contributed by atoms with van der Waals surface area (Å²) in [6.07, 6.45) is -3.38. The van der Waals surface area contributed by atoms with Crippen LogP contribution in [0.1, 0.15) is 13.8 Å². The SMILES string of the molecule is CCN(CC(F)(F)F)Nc1cnc(-c2nc3cc(SC(F)(F)F)ccc3o2)c(S(=O)(=O)CC)c1. The molecule has 0 atom stereocenters. The van der Waals surface area contributed by atoms with Crippen LogP contribution in [0.25, 0.3) is 22.7 Å². The molecule has 0 aliphatic heterocycles. The quantitative estimate of drug-likeness (QED) is 0.233. The lowest BCUT2D eigenvalue weighted by molar-refractivity contribution is -0.142. The van der Waals surface area contributed by atoms with Crippen LogP contribution in [0.3, 0.4) is 0 Å². The number of oxazole rings is 1. The maximum atomic E-state index is 12.7. The smallest absolute Gasteiger partial charge is 0.435 e. The molecule has 2 aromatic heterocycles. The van der Waals surface area contributed by atoms with Gasteiger partial charge in [-0.1, -0.05) is 13.8 Å². The minimum atomic E-state index is -4.51. The van der Waals surface area contributed by atoms with Crippen molar-refractivity contribution in [2.75, 3.05) is 24.3 Å². The highest BCUT2D eigenvalue weighted by Crippen LogP contribution is 2.38. The average molecular weight is 529 g/mol. The number of hydrogen-bond acceptors (Lipinski definition) is 8. The topological polar surface area (TPSA) is 88.3 Å². The first-order valence-corrected chi connectivity index (χ1v) is 12.2. The highest BCUT2D eigenvalue weighted by Gasteiger charge is 2.31. The molecule has 0 aliphatic carbocycles.